The third kappa shape index (κ3) is 6.62. The summed E-state index contributed by atoms with van der Waals surface area (Å²) < 4.78 is 5.70. The second-order valence-corrected chi connectivity index (χ2v) is 10.8. The second-order valence-electron chi connectivity index (χ2n) is 10.8. The van der Waals surface area contributed by atoms with Gasteiger partial charge in [-0.3, -0.25) is 19.9 Å². The Balaban J connectivity index is 0.00000400. The van der Waals surface area contributed by atoms with Gasteiger partial charge in [-0.2, -0.15) is 0 Å². The zero-order valence-corrected chi connectivity index (χ0v) is 24.8. The molecule has 2 aliphatic heterocycles. The zero-order valence-electron chi connectivity index (χ0n) is 23.1. The monoisotopic (exact) mass is 585 g/mol. The van der Waals surface area contributed by atoms with Gasteiger partial charge in [0, 0.05) is 57.4 Å². The fourth-order valence-electron chi connectivity index (χ4n) is 4.92. The molecule has 2 heterocycles. The predicted molar refractivity (Wildman–Crippen MR) is 156 cm³/mol. The number of hydrogen-bond acceptors (Lipinski definition) is 6. The molecule has 4 rings (SSSR count). The third-order valence-corrected chi connectivity index (χ3v) is 7.04. The first-order valence-corrected chi connectivity index (χ1v) is 13.1. The number of benzene rings is 2. The van der Waals surface area contributed by atoms with Crippen LogP contribution < -0.4 is 15.4 Å². The third-order valence-electron chi connectivity index (χ3n) is 7.04. The van der Waals surface area contributed by atoms with E-state index in [1.807, 2.05) is 25.1 Å². The highest BCUT2D eigenvalue weighted by atomic mass is 79.9. The molecule has 0 saturated carbocycles. The van der Waals surface area contributed by atoms with E-state index in [4.69, 9.17) is 10.1 Å². The van der Waals surface area contributed by atoms with Gasteiger partial charge >= 0.3 is 0 Å². The minimum atomic E-state index is -0.260. The Kier molecular flexibility index (Phi) is 9.73. The quantitative estimate of drug-likeness (QED) is 0.408. The topological polar surface area (TPSA) is 97.8 Å². The largest absolute Gasteiger partial charge is 0.493 e. The number of amides is 1. The van der Waals surface area contributed by atoms with E-state index in [-0.39, 0.29) is 46.5 Å². The van der Waals surface area contributed by atoms with Crippen LogP contribution in [0.4, 0.5) is 0 Å². The predicted octanol–water partition coefficient (Wildman–Crippen LogP) is 3.75. The van der Waals surface area contributed by atoms with Crippen LogP contribution in [0.15, 0.2) is 30.3 Å². The number of hydrogen-bond donors (Lipinski definition) is 3. The molecule has 0 aromatic heterocycles. The summed E-state index contributed by atoms with van der Waals surface area (Å²) in [4.78, 5) is 30.2. The van der Waals surface area contributed by atoms with Crippen molar-refractivity contribution in [1.29, 1.82) is 5.41 Å². The molecule has 206 valence electrons. The van der Waals surface area contributed by atoms with Crippen LogP contribution in [0.5, 0.6) is 5.75 Å². The van der Waals surface area contributed by atoms with Gasteiger partial charge < -0.3 is 20.3 Å². The van der Waals surface area contributed by atoms with Crippen molar-refractivity contribution in [1.82, 2.24) is 20.4 Å². The molecule has 0 bridgehead atoms. The molecule has 1 amide bonds. The molecule has 2 aliphatic rings. The SMILES string of the molecule is Br.CCOc1cc2c(cc1C(=O)NC)C(=N)N(CC(=O)c1cc(CN3CCNCC3)cc(C(C)(C)C)c1)C2. The van der Waals surface area contributed by atoms with Crippen LogP contribution in [0, 0.1) is 5.41 Å². The van der Waals surface area contributed by atoms with Gasteiger partial charge in [0.1, 0.15) is 11.6 Å². The van der Waals surface area contributed by atoms with Crippen LogP contribution >= 0.6 is 17.0 Å². The Hall–Kier alpha value is -2.75. The normalized spacial score (nSPS) is 15.6. The van der Waals surface area contributed by atoms with Crippen LogP contribution in [-0.2, 0) is 18.5 Å². The summed E-state index contributed by atoms with van der Waals surface area (Å²) >= 11 is 0. The van der Waals surface area contributed by atoms with Crippen molar-refractivity contribution in [3.63, 3.8) is 0 Å². The standard InChI is InChI=1S/C29H39N5O3.BrH/c1-6-37-26-14-21-17-34(27(30)23(21)15-24(26)28(36)31-5)18-25(35)20-11-19(12-22(13-20)29(2,3)4)16-33-9-7-32-8-10-33;/h11-15,30,32H,6-10,16-18H2,1-5H3,(H,31,36);1H. The number of halogens is 1. The van der Waals surface area contributed by atoms with Gasteiger partial charge in [0.05, 0.1) is 18.7 Å². The summed E-state index contributed by atoms with van der Waals surface area (Å²) in [6.07, 6.45) is 0. The van der Waals surface area contributed by atoms with E-state index in [2.05, 4.69) is 42.4 Å². The summed E-state index contributed by atoms with van der Waals surface area (Å²) in [5.41, 5.74) is 4.83. The number of rotatable bonds is 8. The smallest absolute Gasteiger partial charge is 0.254 e. The highest BCUT2D eigenvalue weighted by Gasteiger charge is 2.29. The lowest BCUT2D eigenvalue weighted by Crippen LogP contribution is -2.42. The lowest BCUT2D eigenvalue weighted by Gasteiger charge is -2.28. The maximum Gasteiger partial charge on any atom is 0.254 e. The molecule has 0 atom stereocenters. The Labute approximate surface area is 236 Å². The van der Waals surface area contributed by atoms with Gasteiger partial charge in [0.25, 0.3) is 5.91 Å². The molecular formula is C29H40BrN5O3. The van der Waals surface area contributed by atoms with E-state index in [0.29, 0.717) is 35.6 Å². The lowest BCUT2D eigenvalue weighted by molar-refractivity contribution is 0.0953. The molecule has 2 aromatic rings. The van der Waals surface area contributed by atoms with Crippen LogP contribution in [0.25, 0.3) is 0 Å². The van der Waals surface area contributed by atoms with E-state index >= 15 is 0 Å². The van der Waals surface area contributed by atoms with Crippen LogP contribution in [0.1, 0.15) is 70.7 Å². The molecule has 0 unspecified atom stereocenters. The summed E-state index contributed by atoms with van der Waals surface area (Å²) in [7, 11) is 1.57. The molecule has 9 heteroatoms. The molecule has 38 heavy (non-hydrogen) atoms. The van der Waals surface area contributed by atoms with E-state index < -0.39 is 0 Å². The Bertz CT molecular complexity index is 1200. The molecule has 2 aromatic carbocycles. The summed E-state index contributed by atoms with van der Waals surface area (Å²) in [6, 6.07) is 9.78. The number of piperazine rings is 1. The van der Waals surface area contributed by atoms with Gasteiger partial charge in [-0.15, -0.1) is 17.0 Å². The Morgan fingerprint density at radius 2 is 1.82 bits per heavy atom. The summed E-state index contributed by atoms with van der Waals surface area (Å²) in [6.45, 7) is 14.1. The van der Waals surface area contributed by atoms with Gasteiger partial charge in [-0.1, -0.05) is 26.8 Å². The van der Waals surface area contributed by atoms with Gasteiger partial charge in [0.2, 0.25) is 0 Å². The van der Waals surface area contributed by atoms with Crippen molar-refractivity contribution in [3.05, 3.63) is 63.7 Å². The van der Waals surface area contributed by atoms with E-state index in [1.165, 1.54) is 0 Å². The average Bonchev–Trinajstić information content (AvgIpc) is 3.17. The second kappa shape index (κ2) is 12.4. The summed E-state index contributed by atoms with van der Waals surface area (Å²) in [5.74, 6) is 0.480. The van der Waals surface area contributed by atoms with Gasteiger partial charge in [-0.05, 0) is 53.3 Å². The summed E-state index contributed by atoms with van der Waals surface area (Å²) in [5, 5.41) is 14.8. The number of ketones is 1. The van der Waals surface area contributed by atoms with Crippen molar-refractivity contribution < 1.29 is 14.3 Å². The Morgan fingerprint density at radius 1 is 1.11 bits per heavy atom. The number of nitrogens with one attached hydrogen (secondary N) is 3. The number of ether oxygens (including phenoxy) is 1. The number of carbonyl (C=O) groups is 2. The van der Waals surface area contributed by atoms with Crippen molar-refractivity contribution in [2.24, 2.45) is 0 Å². The minimum absolute atomic E-state index is 0. The molecule has 1 fully saturated rings. The van der Waals surface area contributed by atoms with Gasteiger partial charge in [-0.25, -0.2) is 0 Å². The molecule has 0 aliphatic carbocycles. The van der Waals surface area contributed by atoms with E-state index in [0.717, 1.165) is 49.4 Å². The molecule has 1 saturated heterocycles. The maximum absolute atomic E-state index is 13.6. The lowest BCUT2D eigenvalue weighted by atomic mass is 9.84. The molecule has 8 nitrogen and oxygen atoms in total. The van der Waals surface area contributed by atoms with Crippen molar-refractivity contribution in [3.8, 4) is 5.75 Å². The van der Waals surface area contributed by atoms with Crippen molar-refractivity contribution >= 4 is 34.5 Å². The highest BCUT2D eigenvalue weighted by Crippen LogP contribution is 2.31. The van der Waals surface area contributed by atoms with Crippen LogP contribution in [0.2, 0.25) is 0 Å². The van der Waals surface area contributed by atoms with E-state index in [1.54, 1.807) is 18.0 Å². The minimum Gasteiger partial charge on any atom is -0.493 e. The number of fused-ring (bicyclic) bond motifs is 1. The molecule has 0 spiro atoms. The van der Waals surface area contributed by atoms with Gasteiger partial charge in [0.15, 0.2) is 5.78 Å². The molecule has 3 N–H and O–H groups in total. The number of Topliss-reactive ketones (excluding diaryl/α,β-unsaturated/α-hetero) is 1. The van der Waals surface area contributed by atoms with Crippen molar-refractivity contribution in [2.45, 2.75) is 46.2 Å². The van der Waals surface area contributed by atoms with Crippen LogP contribution in [-0.4, -0.2) is 73.7 Å². The number of amidine groups is 1. The van der Waals surface area contributed by atoms with Crippen LogP contribution in [0.3, 0.4) is 0 Å². The van der Waals surface area contributed by atoms with E-state index in [9.17, 15) is 9.59 Å². The maximum atomic E-state index is 13.6. The zero-order chi connectivity index (χ0) is 26.7. The first kappa shape index (κ1) is 29.8. The fourth-order valence-corrected chi connectivity index (χ4v) is 4.92. The number of nitrogens with zero attached hydrogens (tertiary/aromatic N) is 2. The number of carbonyl (C=O) groups excluding carboxylic acids is 2. The first-order chi connectivity index (χ1) is 17.6. The van der Waals surface area contributed by atoms with Crippen molar-refractivity contribution in [2.75, 3.05) is 46.4 Å². The fraction of sp³-hybridized carbons (Fsp3) is 0.483. The molecular weight excluding hydrogens is 546 g/mol. The Morgan fingerprint density at radius 3 is 2.45 bits per heavy atom. The molecule has 0 radical (unpaired) electrons. The average molecular weight is 587 g/mol. The highest BCUT2D eigenvalue weighted by molar-refractivity contribution is 8.93. The first-order valence-electron chi connectivity index (χ1n) is 13.1.